The molecule has 1 fully saturated rings. The van der Waals surface area contributed by atoms with Gasteiger partial charge in [0.25, 0.3) is 0 Å². The molecule has 0 heterocycles. The van der Waals surface area contributed by atoms with Crippen LogP contribution in [0.4, 0.5) is 8.78 Å². The van der Waals surface area contributed by atoms with Gasteiger partial charge in [-0.2, -0.15) is 0 Å². The Morgan fingerprint density at radius 2 is 1.40 bits per heavy atom. The highest BCUT2D eigenvalue weighted by molar-refractivity contribution is 5.48. The normalized spacial score (nSPS) is 13.3. The monoisotopic (exact) mass is 818 g/mol. The summed E-state index contributed by atoms with van der Waals surface area (Å²) in [7, 11) is 3.89. The van der Waals surface area contributed by atoms with Gasteiger partial charge >= 0.3 is 0 Å². The van der Waals surface area contributed by atoms with E-state index in [9.17, 15) is 13.6 Å². The van der Waals surface area contributed by atoms with Gasteiger partial charge in [-0.15, -0.1) is 0 Å². The molecular weight excluding hydrogens is 729 g/mol. The van der Waals surface area contributed by atoms with Gasteiger partial charge in [0.1, 0.15) is 0 Å². The highest BCUT2D eigenvalue weighted by atomic mass is 19.1. The van der Waals surface area contributed by atoms with E-state index in [-0.39, 0.29) is 33.7 Å². The Labute approximate surface area is 351 Å². The molecule has 1 amide bonds. The van der Waals surface area contributed by atoms with E-state index in [0.717, 1.165) is 45.1 Å². The zero-order chi connectivity index (χ0) is 44.2. The molecule has 1 aliphatic rings. The minimum atomic E-state index is -0.382. The van der Waals surface area contributed by atoms with E-state index in [1.165, 1.54) is 50.7 Å². The first-order valence-electron chi connectivity index (χ1n) is 20.7. The van der Waals surface area contributed by atoms with E-state index in [4.69, 9.17) is 24.4 Å². The van der Waals surface area contributed by atoms with Crippen molar-refractivity contribution in [3.63, 3.8) is 0 Å². The molecule has 57 heavy (non-hydrogen) atoms. The second kappa shape index (κ2) is 37.2. The van der Waals surface area contributed by atoms with Crippen molar-refractivity contribution in [3.05, 3.63) is 71.3 Å². The van der Waals surface area contributed by atoms with Gasteiger partial charge in [0, 0.05) is 36.7 Å². The summed E-state index contributed by atoms with van der Waals surface area (Å²) in [6.07, 6.45) is 12.3. The van der Waals surface area contributed by atoms with Crippen molar-refractivity contribution in [1.29, 1.82) is 0 Å². The van der Waals surface area contributed by atoms with Crippen LogP contribution >= 0.6 is 0 Å². The Kier molecular flexibility index (Phi) is 38.0. The zero-order valence-electron chi connectivity index (χ0n) is 38.1. The van der Waals surface area contributed by atoms with Gasteiger partial charge in [0.2, 0.25) is 6.41 Å². The Morgan fingerprint density at radius 3 is 1.84 bits per heavy atom. The molecule has 9 nitrogen and oxygen atoms in total. The maximum Gasteiger partial charge on any atom is 0.207 e. The minimum Gasteiger partial charge on any atom is -0.490 e. The third-order valence-electron chi connectivity index (χ3n) is 8.39. The van der Waals surface area contributed by atoms with Crippen molar-refractivity contribution in [2.75, 3.05) is 54.2 Å². The summed E-state index contributed by atoms with van der Waals surface area (Å²) in [6, 6.07) is 9.73. The maximum absolute atomic E-state index is 13.5. The number of carbonyl (C=O) groups is 1. The molecule has 2 aromatic rings. The van der Waals surface area contributed by atoms with Gasteiger partial charge in [0.05, 0.1) is 25.9 Å². The fourth-order valence-corrected chi connectivity index (χ4v) is 4.30. The summed E-state index contributed by atoms with van der Waals surface area (Å²) in [6.45, 7) is 27.0. The Hall–Kier alpha value is -3.09. The van der Waals surface area contributed by atoms with Gasteiger partial charge in [-0.25, -0.2) is 8.78 Å². The van der Waals surface area contributed by atoms with Gasteiger partial charge in [-0.3, -0.25) is 4.79 Å². The van der Waals surface area contributed by atoms with Crippen LogP contribution in [0.25, 0.3) is 0 Å². The number of halogens is 2. The lowest BCUT2D eigenvalue weighted by molar-refractivity contribution is -0.110. The van der Waals surface area contributed by atoms with Crippen molar-refractivity contribution in [1.82, 2.24) is 16.0 Å². The summed E-state index contributed by atoms with van der Waals surface area (Å²) in [4.78, 5) is 10.3. The molecule has 1 saturated carbocycles. The van der Waals surface area contributed by atoms with Crippen LogP contribution in [0.2, 0.25) is 0 Å². The number of rotatable bonds is 20. The zero-order valence-corrected chi connectivity index (χ0v) is 38.1. The second-order valence-electron chi connectivity index (χ2n) is 15.4. The molecular formula is C46H89F2N3O6. The number of ether oxygens (including phenoxy) is 3. The van der Waals surface area contributed by atoms with E-state index in [2.05, 4.69) is 57.5 Å². The number of nitrogens with one attached hydrogen (secondary N) is 3. The average molecular weight is 818 g/mol. The summed E-state index contributed by atoms with van der Waals surface area (Å²) < 4.78 is 43.1. The Balaban J connectivity index is -0.000000159. The molecule has 0 aromatic heterocycles. The van der Waals surface area contributed by atoms with Crippen LogP contribution in [0, 0.1) is 29.4 Å². The molecule has 11 heteroatoms. The number of unbranched alkanes of at least 4 members (excludes halogenated alkanes) is 2. The summed E-state index contributed by atoms with van der Waals surface area (Å²) >= 11 is 0. The fourth-order valence-electron chi connectivity index (χ4n) is 4.30. The van der Waals surface area contributed by atoms with Gasteiger partial charge in [-0.1, -0.05) is 78.2 Å². The van der Waals surface area contributed by atoms with Crippen LogP contribution in [0.3, 0.4) is 0 Å². The van der Waals surface area contributed by atoms with E-state index >= 15 is 0 Å². The van der Waals surface area contributed by atoms with E-state index in [1.807, 2.05) is 53.8 Å². The van der Waals surface area contributed by atoms with E-state index in [1.54, 1.807) is 24.3 Å². The van der Waals surface area contributed by atoms with E-state index < -0.39 is 0 Å². The first-order valence-corrected chi connectivity index (χ1v) is 20.7. The number of carbonyl (C=O) groups excluding carboxylic acids is 1. The molecule has 3 rings (SSSR count). The number of aliphatic hydroxyl groups excluding tert-OH is 2. The highest BCUT2D eigenvalue weighted by Gasteiger charge is 2.22. The maximum atomic E-state index is 13.5. The third kappa shape index (κ3) is 33.6. The van der Waals surface area contributed by atoms with Crippen LogP contribution in [-0.2, 0) is 9.53 Å². The van der Waals surface area contributed by atoms with Crippen molar-refractivity contribution in [2.45, 2.75) is 132 Å². The van der Waals surface area contributed by atoms with Crippen molar-refractivity contribution < 1.29 is 42.3 Å². The molecule has 1 unspecified atom stereocenters. The van der Waals surface area contributed by atoms with Crippen molar-refractivity contribution >= 4 is 6.41 Å². The fraction of sp³-hybridized carbons (Fsp3) is 0.674. The predicted octanol–water partition coefficient (Wildman–Crippen LogP) is 10.7. The van der Waals surface area contributed by atoms with Gasteiger partial charge < -0.3 is 40.4 Å². The quantitative estimate of drug-likeness (QED) is 0.0509. The minimum absolute atomic E-state index is 0. The second-order valence-corrected chi connectivity index (χ2v) is 15.4. The summed E-state index contributed by atoms with van der Waals surface area (Å²) in [5.74, 6) is 1.64. The summed E-state index contributed by atoms with van der Waals surface area (Å²) in [5, 5.41) is 23.2. The molecule has 5 N–H and O–H groups in total. The number of hydrogen-bond donors (Lipinski definition) is 5. The van der Waals surface area contributed by atoms with Crippen LogP contribution in [0.15, 0.2) is 48.6 Å². The SMILES string of the molecule is C/C=C/COCC(C)CC.CC(C)COc1cc([C@@H](C)NC=O)ccc1F.CCCCCNC(C)(C)C.CN[C@H](C)c1ccc(F)c(OCC2CC2)c1.CO.CO.[HH].[HH].[HH]. The van der Waals surface area contributed by atoms with Crippen molar-refractivity contribution in [2.24, 2.45) is 17.8 Å². The topological polar surface area (TPSA) is 121 Å². The lowest BCUT2D eigenvalue weighted by Crippen LogP contribution is -2.36. The van der Waals surface area contributed by atoms with E-state index in [0.29, 0.717) is 48.7 Å². The lowest BCUT2D eigenvalue weighted by atomic mass is 10.1. The first-order chi connectivity index (χ1) is 27.1. The number of hydrogen-bond acceptors (Lipinski definition) is 8. The standard InChI is InChI=1S/C13H18FNO2.C13H18FNO.C9H21N.C9H18O.2CH4O.3H2/c1-9(2)7-17-13-6-11(4-5-12(13)14)10(3)15-8-16;1-9(15-2)11-5-6-12(14)13(7-11)16-8-10-3-4-10;1-5-6-7-8-10-9(2,3)4;1-4-6-7-10-8-9(3)5-2;2*1-2;;;/h4-6,8-10H,7H2,1-3H3,(H,15,16);5-7,9-10,15H,3-4,8H2,1-2H3;10H,5-8H2,1-4H3;4,6,9H,5,7-8H2,1-3H3;2*2H,1H3;3*1H/b;;;6-4+;;;;;/t10-;9-;;;;;;;/m11......./s1. The molecule has 338 valence electrons. The molecule has 0 aliphatic heterocycles. The number of allylic oxidation sites excluding steroid dienone is 1. The van der Waals surface area contributed by atoms with Crippen molar-refractivity contribution in [3.8, 4) is 11.5 Å². The highest BCUT2D eigenvalue weighted by Crippen LogP contribution is 2.31. The molecule has 1 aliphatic carbocycles. The number of amides is 1. The first kappa shape index (κ1) is 58.2. The largest absolute Gasteiger partial charge is 0.490 e. The van der Waals surface area contributed by atoms with Crippen LogP contribution in [0.1, 0.15) is 142 Å². The Bertz CT molecular complexity index is 1270. The van der Waals surface area contributed by atoms with Crippen LogP contribution in [-0.4, -0.2) is 76.4 Å². The van der Waals surface area contributed by atoms with Gasteiger partial charge in [-0.05, 0) is 128 Å². The third-order valence-corrected chi connectivity index (χ3v) is 8.39. The van der Waals surface area contributed by atoms with Crippen LogP contribution in [0.5, 0.6) is 11.5 Å². The predicted molar refractivity (Wildman–Crippen MR) is 241 cm³/mol. The summed E-state index contributed by atoms with van der Waals surface area (Å²) in [5.41, 5.74) is 2.17. The molecule has 0 radical (unpaired) electrons. The molecule has 3 atom stereocenters. The molecule has 0 bridgehead atoms. The molecule has 2 aromatic carbocycles. The number of aliphatic hydroxyl groups is 2. The smallest absolute Gasteiger partial charge is 0.207 e. The molecule has 0 saturated heterocycles. The Morgan fingerprint density at radius 1 is 0.860 bits per heavy atom. The lowest BCUT2D eigenvalue weighted by Gasteiger charge is -2.20. The molecule has 0 spiro atoms. The van der Waals surface area contributed by atoms with Gasteiger partial charge in [0.15, 0.2) is 23.1 Å². The average Bonchev–Trinajstić information content (AvgIpc) is 4.04. The van der Waals surface area contributed by atoms with Crippen LogP contribution < -0.4 is 25.4 Å². The number of benzene rings is 2.